The summed E-state index contributed by atoms with van der Waals surface area (Å²) in [6, 6.07) is 14.8. The van der Waals surface area contributed by atoms with E-state index in [0.717, 1.165) is 56.8 Å². The molecule has 0 aliphatic heterocycles. The van der Waals surface area contributed by atoms with Crippen molar-refractivity contribution in [1.29, 1.82) is 0 Å². The first-order chi connectivity index (χ1) is 20.2. The van der Waals surface area contributed by atoms with Gasteiger partial charge >= 0.3 is 0 Å². The van der Waals surface area contributed by atoms with E-state index in [1.54, 1.807) is 23.8 Å². The number of fused-ring (bicyclic) bond motifs is 1. The number of amides is 2. The normalized spacial score (nSPS) is 12.6. The molecule has 0 fully saturated rings. The van der Waals surface area contributed by atoms with E-state index in [-0.39, 0.29) is 17.7 Å². The van der Waals surface area contributed by atoms with Crippen LogP contribution < -0.4 is 10.1 Å². The highest BCUT2D eigenvalue weighted by atomic mass is 16.5. The molecule has 0 saturated heterocycles. The van der Waals surface area contributed by atoms with E-state index in [9.17, 15) is 14.4 Å². The Morgan fingerprint density at radius 2 is 1.52 bits per heavy atom. The number of carbonyl (C=O) groups excluding carboxylic acids is 3. The average Bonchev–Trinajstić information content (AvgIpc) is 3.29. The molecule has 0 aliphatic rings. The van der Waals surface area contributed by atoms with Crippen molar-refractivity contribution in [3.8, 4) is 5.75 Å². The molecule has 3 aromatic rings. The van der Waals surface area contributed by atoms with Crippen LogP contribution in [0.25, 0.3) is 10.9 Å². The number of nitrogens with one attached hydrogen (secondary N) is 1. The summed E-state index contributed by atoms with van der Waals surface area (Å²) >= 11 is 0. The monoisotopic (exact) mass is 575 g/mol. The lowest BCUT2D eigenvalue weighted by atomic mass is 9.80. The summed E-state index contributed by atoms with van der Waals surface area (Å²) in [5.41, 5.74) is 1.22. The Balaban J connectivity index is 2.38. The maximum Gasteiger partial charge on any atom is 0.262 e. The Kier molecular flexibility index (Phi) is 12.2. The molecule has 7 heteroatoms. The van der Waals surface area contributed by atoms with Gasteiger partial charge in [0, 0.05) is 42.2 Å². The minimum atomic E-state index is -1.34. The molecule has 0 radical (unpaired) electrons. The highest BCUT2D eigenvalue weighted by Gasteiger charge is 2.47. The van der Waals surface area contributed by atoms with Crippen LogP contribution in [-0.2, 0) is 15.1 Å². The third-order valence-electron chi connectivity index (χ3n) is 8.07. The van der Waals surface area contributed by atoms with E-state index >= 15 is 0 Å². The molecule has 3 rings (SSSR count). The van der Waals surface area contributed by atoms with Crippen LogP contribution in [0.3, 0.4) is 0 Å². The lowest BCUT2D eigenvalue weighted by Gasteiger charge is -2.39. The van der Waals surface area contributed by atoms with Gasteiger partial charge in [-0.2, -0.15) is 0 Å². The number of benzene rings is 2. The van der Waals surface area contributed by atoms with Gasteiger partial charge in [-0.25, -0.2) is 0 Å². The number of unbranched alkanes of at least 4 members (excludes halogenated alkanes) is 5. The molecule has 7 nitrogen and oxygen atoms in total. The first-order valence-electron chi connectivity index (χ1n) is 15.6. The Hall–Kier alpha value is -3.61. The highest BCUT2D eigenvalue weighted by Crippen LogP contribution is 2.41. The average molecular weight is 576 g/mol. The molecule has 1 heterocycles. The standard InChI is InChI=1S/C35H49N3O4/c1-7-10-13-17-22-35(36-27(5)39,34(41)37(23-11-8-2)24-12-9-3)32-26(4)38(33(40)28-18-15-14-16-19-28)31-21-20-29(42-6)25-30(31)32/h14-16,18-21,25H,7-13,17,22-24H2,1-6H3,(H,36,39). The van der Waals surface area contributed by atoms with Crippen molar-refractivity contribution >= 4 is 28.6 Å². The van der Waals surface area contributed by atoms with Crippen LogP contribution in [-0.4, -0.2) is 47.4 Å². The van der Waals surface area contributed by atoms with Crippen molar-refractivity contribution in [2.45, 2.75) is 97.9 Å². The minimum absolute atomic E-state index is 0.103. The summed E-state index contributed by atoms with van der Waals surface area (Å²) < 4.78 is 7.31. The van der Waals surface area contributed by atoms with Crippen molar-refractivity contribution in [1.82, 2.24) is 14.8 Å². The number of hydrogen-bond acceptors (Lipinski definition) is 4. The highest BCUT2D eigenvalue weighted by molar-refractivity contribution is 6.07. The van der Waals surface area contributed by atoms with Gasteiger partial charge in [0.05, 0.1) is 12.6 Å². The quantitative estimate of drug-likeness (QED) is 0.181. The van der Waals surface area contributed by atoms with E-state index in [1.807, 2.05) is 48.2 Å². The third kappa shape index (κ3) is 7.23. The van der Waals surface area contributed by atoms with Gasteiger partial charge in [0.15, 0.2) is 0 Å². The fourth-order valence-electron chi connectivity index (χ4n) is 5.95. The lowest BCUT2D eigenvalue weighted by Crippen LogP contribution is -2.57. The first-order valence-corrected chi connectivity index (χ1v) is 15.6. The van der Waals surface area contributed by atoms with E-state index in [2.05, 4.69) is 26.1 Å². The molecule has 0 aliphatic carbocycles. The number of carbonyl (C=O) groups is 3. The van der Waals surface area contributed by atoms with Gasteiger partial charge in [0.25, 0.3) is 11.8 Å². The molecule has 2 amide bonds. The maximum atomic E-state index is 15.0. The second kappa shape index (κ2) is 15.6. The molecule has 1 atom stereocenters. The van der Waals surface area contributed by atoms with Crippen molar-refractivity contribution in [2.24, 2.45) is 0 Å². The van der Waals surface area contributed by atoms with Gasteiger partial charge in [-0.15, -0.1) is 0 Å². The van der Waals surface area contributed by atoms with E-state index in [1.165, 1.54) is 6.92 Å². The number of aromatic nitrogens is 1. The zero-order valence-corrected chi connectivity index (χ0v) is 26.4. The molecule has 0 bridgehead atoms. The number of nitrogens with zero attached hydrogens (tertiary/aromatic N) is 2. The van der Waals surface area contributed by atoms with Gasteiger partial charge in [0.2, 0.25) is 5.91 Å². The van der Waals surface area contributed by atoms with Crippen LogP contribution in [0.4, 0.5) is 0 Å². The van der Waals surface area contributed by atoms with Gasteiger partial charge in [-0.1, -0.05) is 77.5 Å². The Morgan fingerprint density at radius 3 is 2.10 bits per heavy atom. The number of rotatable bonds is 16. The fourth-order valence-corrected chi connectivity index (χ4v) is 5.95. The van der Waals surface area contributed by atoms with Crippen LogP contribution in [0, 0.1) is 6.92 Å². The minimum Gasteiger partial charge on any atom is -0.497 e. The van der Waals surface area contributed by atoms with Gasteiger partial charge in [-0.05, 0) is 56.5 Å². The smallest absolute Gasteiger partial charge is 0.262 e. The molecule has 1 aromatic heterocycles. The summed E-state index contributed by atoms with van der Waals surface area (Å²) in [7, 11) is 1.61. The van der Waals surface area contributed by atoms with Crippen molar-refractivity contribution in [3.63, 3.8) is 0 Å². The van der Waals surface area contributed by atoms with E-state index in [4.69, 9.17) is 4.74 Å². The molecule has 1 unspecified atom stereocenters. The molecule has 228 valence electrons. The SMILES string of the molecule is CCCCCCC(NC(C)=O)(C(=O)N(CCCC)CCCC)c1c(C)n(C(=O)c2ccccc2)c2ccc(OC)cc12. The molecule has 0 spiro atoms. The molecule has 42 heavy (non-hydrogen) atoms. The predicted molar refractivity (Wildman–Crippen MR) is 170 cm³/mol. The second-order valence-electron chi connectivity index (χ2n) is 11.2. The van der Waals surface area contributed by atoms with Crippen LogP contribution in [0.1, 0.15) is 107 Å². The summed E-state index contributed by atoms with van der Waals surface area (Å²) in [4.78, 5) is 44.0. The molecular formula is C35H49N3O4. The van der Waals surface area contributed by atoms with Gasteiger partial charge in [0.1, 0.15) is 11.3 Å². The Morgan fingerprint density at radius 1 is 0.881 bits per heavy atom. The zero-order chi connectivity index (χ0) is 30.7. The number of ether oxygens (including phenoxy) is 1. The predicted octanol–water partition coefficient (Wildman–Crippen LogP) is 7.38. The number of methoxy groups -OCH3 is 1. The van der Waals surface area contributed by atoms with Crippen LogP contribution >= 0.6 is 0 Å². The summed E-state index contributed by atoms with van der Waals surface area (Å²) in [5.74, 6) is 0.0612. The Labute approximate surface area is 251 Å². The van der Waals surface area contributed by atoms with Crippen LogP contribution in [0.2, 0.25) is 0 Å². The van der Waals surface area contributed by atoms with Crippen molar-refractivity contribution in [3.05, 3.63) is 65.4 Å². The topological polar surface area (TPSA) is 80.6 Å². The summed E-state index contributed by atoms with van der Waals surface area (Å²) in [5, 5.41) is 3.92. The van der Waals surface area contributed by atoms with E-state index < -0.39 is 5.54 Å². The molecule has 0 saturated carbocycles. The Bertz CT molecular complexity index is 1340. The summed E-state index contributed by atoms with van der Waals surface area (Å²) in [6.45, 7) is 11.0. The molecule has 1 N–H and O–H groups in total. The van der Waals surface area contributed by atoms with Crippen molar-refractivity contribution < 1.29 is 19.1 Å². The van der Waals surface area contributed by atoms with E-state index in [0.29, 0.717) is 47.6 Å². The number of hydrogen-bond donors (Lipinski definition) is 1. The fraction of sp³-hybridized carbons (Fsp3) is 0.514. The van der Waals surface area contributed by atoms with Crippen molar-refractivity contribution in [2.75, 3.05) is 20.2 Å². The maximum absolute atomic E-state index is 15.0. The first kappa shape index (κ1) is 32.9. The van der Waals surface area contributed by atoms with Crippen LogP contribution in [0.5, 0.6) is 5.75 Å². The summed E-state index contributed by atoms with van der Waals surface area (Å²) in [6.07, 6.45) is 7.92. The molecule has 2 aromatic carbocycles. The van der Waals surface area contributed by atoms with Gasteiger partial charge < -0.3 is 15.0 Å². The lowest BCUT2D eigenvalue weighted by molar-refractivity contribution is -0.142. The molecular weight excluding hydrogens is 526 g/mol. The van der Waals surface area contributed by atoms with Crippen LogP contribution in [0.15, 0.2) is 48.5 Å². The second-order valence-corrected chi connectivity index (χ2v) is 11.2. The zero-order valence-electron chi connectivity index (χ0n) is 26.4. The third-order valence-corrected chi connectivity index (χ3v) is 8.07. The van der Waals surface area contributed by atoms with Gasteiger partial charge in [-0.3, -0.25) is 19.0 Å². The largest absolute Gasteiger partial charge is 0.497 e.